The highest BCUT2D eigenvalue weighted by Gasteiger charge is 2.29. The first kappa shape index (κ1) is 14.2. The lowest BCUT2D eigenvalue weighted by atomic mass is 9.92. The molecule has 0 radical (unpaired) electrons. The molecule has 1 atom stereocenters. The molecule has 1 aromatic heterocycles. The number of amides is 1. The van der Waals surface area contributed by atoms with E-state index in [-0.39, 0.29) is 5.91 Å². The van der Waals surface area contributed by atoms with E-state index in [2.05, 4.69) is 15.6 Å². The summed E-state index contributed by atoms with van der Waals surface area (Å²) >= 11 is 0. The van der Waals surface area contributed by atoms with Crippen molar-refractivity contribution in [2.75, 3.05) is 6.54 Å². The first-order valence-electron chi connectivity index (χ1n) is 6.57. The molecule has 1 amide bonds. The molecule has 1 unspecified atom stereocenters. The normalized spacial score (nSPS) is 13.7. The second kappa shape index (κ2) is 6.29. The van der Waals surface area contributed by atoms with Crippen molar-refractivity contribution in [1.82, 2.24) is 20.3 Å². The zero-order valence-electron chi connectivity index (χ0n) is 11.5. The highest BCUT2D eigenvalue weighted by atomic mass is 16.2. The van der Waals surface area contributed by atoms with Crippen LogP contribution in [0.5, 0.6) is 0 Å². The molecule has 0 aliphatic carbocycles. The number of aryl methyl sites for hydroxylation is 1. The maximum absolute atomic E-state index is 12.2. The molecule has 0 bridgehead atoms. The van der Waals surface area contributed by atoms with Gasteiger partial charge in [-0.2, -0.15) is 0 Å². The fourth-order valence-electron chi connectivity index (χ4n) is 1.89. The quantitative estimate of drug-likeness (QED) is 0.757. The van der Waals surface area contributed by atoms with Gasteiger partial charge in [0.2, 0.25) is 5.91 Å². The lowest BCUT2D eigenvalue weighted by Crippen LogP contribution is -2.49. The number of aromatic nitrogens is 3. The average Bonchev–Trinajstić information content (AvgIpc) is 2.97. The molecule has 2 rings (SSSR count). The van der Waals surface area contributed by atoms with Gasteiger partial charge in [-0.25, -0.2) is 0 Å². The molecule has 0 fully saturated rings. The topological polar surface area (TPSA) is 85.8 Å². The van der Waals surface area contributed by atoms with Crippen LogP contribution < -0.4 is 11.1 Å². The van der Waals surface area contributed by atoms with Crippen molar-refractivity contribution in [1.29, 1.82) is 0 Å². The first-order chi connectivity index (χ1) is 9.60. The van der Waals surface area contributed by atoms with E-state index in [0.29, 0.717) is 13.1 Å². The molecule has 20 heavy (non-hydrogen) atoms. The number of hydrogen-bond donors (Lipinski definition) is 2. The highest BCUT2D eigenvalue weighted by Crippen LogP contribution is 2.17. The molecule has 106 valence electrons. The molecule has 3 N–H and O–H groups in total. The van der Waals surface area contributed by atoms with Crippen LogP contribution >= 0.6 is 0 Å². The van der Waals surface area contributed by atoms with Gasteiger partial charge < -0.3 is 11.1 Å². The van der Waals surface area contributed by atoms with E-state index in [4.69, 9.17) is 5.73 Å². The third-order valence-electron chi connectivity index (χ3n) is 3.17. The fourth-order valence-corrected chi connectivity index (χ4v) is 1.89. The third-order valence-corrected chi connectivity index (χ3v) is 3.17. The third kappa shape index (κ3) is 3.42. The van der Waals surface area contributed by atoms with Gasteiger partial charge in [0.05, 0.1) is 6.20 Å². The minimum Gasteiger partial charge on any atom is -0.354 e. The molecular weight excluding hydrogens is 254 g/mol. The van der Waals surface area contributed by atoms with Crippen LogP contribution in [0.25, 0.3) is 0 Å². The van der Waals surface area contributed by atoms with Gasteiger partial charge in [-0.05, 0) is 18.9 Å². The minimum atomic E-state index is -1.02. The van der Waals surface area contributed by atoms with Crippen LogP contribution in [0.15, 0.2) is 42.7 Å². The number of carbonyl (C=O) groups excluding carboxylic acids is 1. The molecule has 0 aliphatic rings. The van der Waals surface area contributed by atoms with Crippen LogP contribution in [0.1, 0.15) is 18.9 Å². The van der Waals surface area contributed by atoms with Crippen molar-refractivity contribution in [2.24, 2.45) is 5.73 Å². The van der Waals surface area contributed by atoms with Crippen LogP contribution in [0.4, 0.5) is 0 Å². The number of nitrogens with one attached hydrogen (secondary N) is 1. The Morgan fingerprint density at radius 1 is 1.40 bits per heavy atom. The van der Waals surface area contributed by atoms with E-state index in [9.17, 15) is 4.79 Å². The van der Waals surface area contributed by atoms with Crippen molar-refractivity contribution in [3.05, 3.63) is 48.3 Å². The molecule has 6 nitrogen and oxygen atoms in total. The molecule has 0 saturated heterocycles. The van der Waals surface area contributed by atoms with E-state index >= 15 is 0 Å². The predicted octanol–water partition coefficient (Wildman–Crippen LogP) is 0.659. The molecule has 0 aliphatic heterocycles. The van der Waals surface area contributed by atoms with Gasteiger partial charge in [-0.1, -0.05) is 35.5 Å². The fraction of sp³-hybridized carbons (Fsp3) is 0.357. The average molecular weight is 273 g/mol. The van der Waals surface area contributed by atoms with E-state index in [1.807, 2.05) is 30.3 Å². The Balaban J connectivity index is 1.82. The molecule has 1 heterocycles. The van der Waals surface area contributed by atoms with Gasteiger partial charge in [0.15, 0.2) is 0 Å². The molecule has 1 aromatic carbocycles. The van der Waals surface area contributed by atoms with Gasteiger partial charge >= 0.3 is 0 Å². The summed E-state index contributed by atoms with van der Waals surface area (Å²) in [5.41, 5.74) is 5.90. The maximum atomic E-state index is 12.2. The molecular formula is C14H19N5O. The predicted molar refractivity (Wildman–Crippen MR) is 75.6 cm³/mol. The summed E-state index contributed by atoms with van der Waals surface area (Å²) in [5.74, 6) is -0.178. The molecule has 0 saturated carbocycles. The van der Waals surface area contributed by atoms with Crippen molar-refractivity contribution >= 4 is 5.91 Å². The Kier molecular flexibility index (Phi) is 4.47. The largest absolute Gasteiger partial charge is 0.354 e. The number of carbonyl (C=O) groups is 1. The monoisotopic (exact) mass is 273 g/mol. The summed E-state index contributed by atoms with van der Waals surface area (Å²) < 4.78 is 1.73. The van der Waals surface area contributed by atoms with E-state index in [1.54, 1.807) is 24.0 Å². The van der Waals surface area contributed by atoms with Crippen LogP contribution in [0, 0.1) is 0 Å². The Morgan fingerprint density at radius 2 is 2.15 bits per heavy atom. The molecule has 6 heteroatoms. The standard InChI is InChI=1S/C14H19N5O/c1-14(15,12-6-3-2-4-7-12)13(20)16-8-5-10-19-11-9-17-18-19/h2-4,6-7,9,11H,5,8,10,15H2,1H3,(H,16,20). The van der Waals surface area contributed by atoms with Gasteiger partial charge in [-0.3, -0.25) is 9.48 Å². The Morgan fingerprint density at radius 3 is 2.80 bits per heavy atom. The minimum absolute atomic E-state index is 0.178. The number of nitrogens with two attached hydrogens (primary N) is 1. The summed E-state index contributed by atoms with van der Waals surface area (Å²) in [4.78, 5) is 12.2. The van der Waals surface area contributed by atoms with Gasteiger partial charge in [0.25, 0.3) is 0 Å². The zero-order chi connectivity index (χ0) is 14.4. The van der Waals surface area contributed by atoms with Crippen molar-refractivity contribution in [3.8, 4) is 0 Å². The maximum Gasteiger partial charge on any atom is 0.244 e. The number of nitrogens with zero attached hydrogens (tertiary/aromatic N) is 3. The highest BCUT2D eigenvalue weighted by molar-refractivity contribution is 5.86. The summed E-state index contributed by atoms with van der Waals surface area (Å²) in [5, 5.41) is 10.4. The van der Waals surface area contributed by atoms with Gasteiger partial charge in [0.1, 0.15) is 5.54 Å². The number of benzene rings is 1. The van der Waals surface area contributed by atoms with Crippen molar-refractivity contribution < 1.29 is 4.79 Å². The van der Waals surface area contributed by atoms with E-state index in [1.165, 1.54) is 0 Å². The molecule has 0 spiro atoms. The van der Waals surface area contributed by atoms with E-state index < -0.39 is 5.54 Å². The lowest BCUT2D eigenvalue weighted by Gasteiger charge is -2.24. The summed E-state index contributed by atoms with van der Waals surface area (Å²) in [7, 11) is 0. The Bertz CT molecular complexity index is 536. The lowest BCUT2D eigenvalue weighted by molar-refractivity contribution is -0.126. The van der Waals surface area contributed by atoms with Crippen LogP contribution in [-0.4, -0.2) is 27.4 Å². The second-order valence-corrected chi connectivity index (χ2v) is 4.84. The van der Waals surface area contributed by atoms with Crippen LogP contribution in [-0.2, 0) is 16.9 Å². The van der Waals surface area contributed by atoms with Crippen LogP contribution in [0.2, 0.25) is 0 Å². The zero-order valence-corrected chi connectivity index (χ0v) is 11.5. The summed E-state index contributed by atoms with van der Waals surface area (Å²) in [6.45, 7) is 2.99. The van der Waals surface area contributed by atoms with E-state index in [0.717, 1.165) is 12.0 Å². The van der Waals surface area contributed by atoms with Gasteiger partial charge in [-0.15, -0.1) is 5.10 Å². The Labute approximate surface area is 118 Å². The smallest absolute Gasteiger partial charge is 0.244 e. The molecule has 2 aromatic rings. The SMILES string of the molecule is CC(N)(C(=O)NCCCn1ccnn1)c1ccccc1. The van der Waals surface area contributed by atoms with Crippen molar-refractivity contribution in [2.45, 2.75) is 25.4 Å². The van der Waals surface area contributed by atoms with Crippen LogP contribution in [0.3, 0.4) is 0 Å². The van der Waals surface area contributed by atoms with Gasteiger partial charge in [0, 0.05) is 19.3 Å². The number of rotatable bonds is 6. The summed E-state index contributed by atoms with van der Waals surface area (Å²) in [6.07, 6.45) is 4.20. The second-order valence-electron chi connectivity index (χ2n) is 4.84. The first-order valence-corrected chi connectivity index (χ1v) is 6.57. The van der Waals surface area contributed by atoms with Crippen molar-refractivity contribution in [3.63, 3.8) is 0 Å². The number of hydrogen-bond acceptors (Lipinski definition) is 4. The summed E-state index contributed by atoms with van der Waals surface area (Å²) in [6, 6.07) is 9.36. The Hall–Kier alpha value is -2.21.